The molecule has 0 aromatic carbocycles. The number of aliphatic hydroxyl groups is 3. The summed E-state index contributed by atoms with van der Waals surface area (Å²) in [6, 6.07) is 0. The Morgan fingerprint density at radius 2 is 1.89 bits per heavy atom. The van der Waals surface area contributed by atoms with Crippen LogP contribution < -0.4 is 5.32 Å². The van der Waals surface area contributed by atoms with Crippen molar-refractivity contribution in [3.05, 3.63) is 0 Å². The number of carbonyl (C=O) groups is 1. The minimum absolute atomic E-state index is 0.0399. The Kier molecular flexibility index (Phi) is 5.48. The van der Waals surface area contributed by atoms with Gasteiger partial charge in [0.2, 0.25) is 5.91 Å². The highest BCUT2D eigenvalue weighted by molar-refractivity contribution is 5.72. The molecular formula is C11H21NO6. The Labute approximate surface area is 106 Å². The lowest BCUT2D eigenvalue weighted by Gasteiger charge is -2.40. The molecule has 7 nitrogen and oxygen atoms in total. The fourth-order valence-electron chi connectivity index (χ4n) is 1.71. The van der Waals surface area contributed by atoms with Gasteiger partial charge in [0.25, 0.3) is 0 Å². The van der Waals surface area contributed by atoms with Crippen molar-refractivity contribution >= 4 is 5.91 Å². The summed E-state index contributed by atoms with van der Waals surface area (Å²) in [4.78, 5) is 10.8. The summed E-state index contributed by atoms with van der Waals surface area (Å²) < 4.78 is 10.6. The highest BCUT2D eigenvalue weighted by Crippen LogP contribution is 2.22. The first-order valence-electron chi connectivity index (χ1n) is 5.92. The third kappa shape index (κ3) is 3.89. The number of hydrogen-bond acceptors (Lipinski definition) is 6. The summed E-state index contributed by atoms with van der Waals surface area (Å²) in [5.41, 5.74) is 0. The first-order valence-corrected chi connectivity index (χ1v) is 5.92. The molecule has 0 radical (unpaired) electrons. The lowest BCUT2D eigenvalue weighted by atomic mass is 9.99. The fourth-order valence-corrected chi connectivity index (χ4v) is 1.71. The van der Waals surface area contributed by atoms with E-state index in [1.165, 1.54) is 6.92 Å². The van der Waals surface area contributed by atoms with Gasteiger partial charge in [-0.2, -0.15) is 0 Å². The average molecular weight is 263 g/mol. The molecule has 0 bridgehead atoms. The summed E-state index contributed by atoms with van der Waals surface area (Å²) in [6.07, 6.45) is -6.03. The van der Waals surface area contributed by atoms with E-state index in [1.807, 2.05) is 0 Å². The lowest BCUT2D eigenvalue weighted by Crippen LogP contribution is -2.60. The second-order valence-electron chi connectivity index (χ2n) is 4.64. The predicted octanol–water partition coefficient (Wildman–Crippen LogP) is -1.64. The number of amides is 1. The normalized spacial score (nSPS) is 36.7. The van der Waals surface area contributed by atoms with Crippen molar-refractivity contribution in [2.45, 2.75) is 57.6 Å². The Balaban J connectivity index is 2.64. The van der Waals surface area contributed by atoms with Gasteiger partial charge >= 0.3 is 0 Å². The molecule has 4 N–H and O–H groups in total. The topological polar surface area (TPSA) is 108 Å². The molecule has 0 spiro atoms. The Morgan fingerprint density at radius 1 is 1.28 bits per heavy atom. The maximum absolute atomic E-state index is 10.8. The summed E-state index contributed by atoms with van der Waals surface area (Å²) in [6.45, 7) is 4.90. The van der Waals surface area contributed by atoms with Gasteiger partial charge in [0.15, 0.2) is 6.29 Å². The number of hydrogen-bond donors (Lipinski definition) is 4. The van der Waals surface area contributed by atoms with Crippen molar-refractivity contribution in [2.75, 3.05) is 6.54 Å². The van der Waals surface area contributed by atoms with E-state index in [-0.39, 0.29) is 18.6 Å². The van der Waals surface area contributed by atoms with E-state index in [0.29, 0.717) is 0 Å². The minimum atomic E-state index is -1.37. The van der Waals surface area contributed by atoms with E-state index in [1.54, 1.807) is 13.8 Å². The molecule has 1 amide bonds. The van der Waals surface area contributed by atoms with E-state index in [2.05, 4.69) is 5.32 Å². The Bertz CT molecular complexity index is 285. The number of ether oxygens (including phenoxy) is 2. The van der Waals surface area contributed by atoms with Crippen LogP contribution in [0.15, 0.2) is 0 Å². The zero-order valence-electron chi connectivity index (χ0n) is 10.7. The van der Waals surface area contributed by atoms with E-state index in [9.17, 15) is 20.1 Å². The fraction of sp³-hybridized carbons (Fsp3) is 0.909. The Morgan fingerprint density at radius 3 is 2.39 bits per heavy atom. The van der Waals surface area contributed by atoms with Gasteiger partial charge in [0.1, 0.15) is 24.4 Å². The lowest BCUT2D eigenvalue weighted by molar-refractivity contribution is -0.303. The van der Waals surface area contributed by atoms with Crippen LogP contribution in [-0.2, 0) is 14.3 Å². The molecule has 1 fully saturated rings. The standard InChI is InChI=1S/C11H21NO6/c1-5(2)17-11-10(16)9(15)8(14)7(18-11)4-12-6(3)13/h5,7-11,14-16H,4H2,1-3H3,(H,12,13)/t7-,8-,9+,10+,11+/m1/s1. The number of carbonyl (C=O) groups excluding carboxylic acids is 1. The van der Waals surface area contributed by atoms with Gasteiger partial charge in [0, 0.05) is 13.5 Å². The van der Waals surface area contributed by atoms with E-state index >= 15 is 0 Å². The maximum Gasteiger partial charge on any atom is 0.216 e. The molecule has 1 saturated heterocycles. The van der Waals surface area contributed by atoms with Crippen molar-refractivity contribution in [2.24, 2.45) is 0 Å². The molecule has 0 aromatic heterocycles. The highest BCUT2D eigenvalue weighted by atomic mass is 16.7. The monoisotopic (exact) mass is 263 g/mol. The molecule has 1 heterocycles. The van der Waals surface area contributed by atoms with E-state index in [4.69, 9.17) is 9.47 Å². The van der Waals surface area contributed by atoms with Crippen LogP contribution >= 0.6 is 0 Å². The van der Waals surface area contributed by atoms with Crippen molar-refractivity contribution < 1.29 is 29.6 Å². The zero-order chi connectivity index (χ0) is 13.9. The van der Waals surface area contributed by atoms with E-state index < -0.39 is 30.7 Å². The molecule has 0 aliphatic carbocycles. The van der Waals surface area contributed by atoms with E-state index in [0.717, 1.165) is 0 Å². The van der Waals surface area contributed by atoms with Crippen LogP contribution in [0.2, 0.25) is 0 Å². The molecule has 1 rings (SSSR count). The minimum Gasteiger partial charge on any atom is -0.388 e. The van der Waals surface area contributed by atoms with Crippen molar-refractivity contribution in [1.29, 1.82) is 0 Å². The second kappa shape index (κ2) is 6.44. The first kappa shape index (κ1) is 15.3. The van der Waals surface area contributed by atoms with Gasteiger partial charge in [-0.25, -0.2) is 0 Å². The van der Waals surface area contributed by atoms with Gasteiger partial charge in [-0.1, -0.05) is 0 Å². The smallest absolute Gasteiger partial charge is 0.216 e. The molecule has 106 valence electrons. The van der Waals surface area contributed by atoms with Crippen LogP contribution in [0, 0.1) is 0 Å². The molecular weight excluding hydrogens is 242 g/mol. The highest BCUT2D eigenvalue weighted by Gasteiger charge is 2.44. The van der Waals surface area contributed by atoms with Crippen molar-refractivity contribution in [3.8, 4) is 0 Å². The molecule has 0 saturated carbocycles. The van der Waals surface area contributed by atoms with Crippen LogP contribution in [0.5, 0.6) is 0 Å². The van der Waals surface area contributed by atoms with Gasteiger partial charge in [-0.3, -0.25) is 4.79 Å². The first-order chi connectivity index (χ1) is 8.32. The molecule has 7 heteroatoms. The largest absolute Gasteiger partial charge is 0.388 e. The average Bonchev–Trinajstić information content (AvgIpc) is 2.27. The van der Waals surface area contributed by atoms with Crippen molar-refractivity contribution in [1.82, 2.24) is 5.32 Å². The SMILES string of the molecule is CC(=O)NC[C@H]1O[C@H](OC(C)C)[C@@H](O)[C@@H](O)[C@@H]1O. The molecule has 0 unspecified atom stereocenters. The second-order valence-corrected chi connectivity index (χ2v) is 4.64. The number of nitrogens with one attached hydrogen (secondary N) is 1. The number of aliphatic hydroxyl groups excluding tert-OH is 3. The van der Waals surface area contributed by atoms with Crippen LogP contribution in [-0.4, -0.2) is 64.6 Å². The van der Waals surface area contributed by atoms with Gasteiger partial charge < -0.3 is 30.1 Å². The summed E-state index contributed by atoms with van der Waals surface area (Å²) in [5.74, 6) is -0.271. The van der Waals surface area contributed by atoms with Gasteiger partial charge in [-0.05, 0) is 13.8 Å². The molecule has 18 heavy (non-hydrogen) atoms. The zero-order valence-corrected chi connectivity index (χ0v) is 10.7. The third-order valence-electron chi connectivity index (χ3n) is 2.63. The summed E-state index contributed by atoms with van der Waals surface area (Å²) >= 11 is 0. The van der Waals surface area contributed by atoms with Gasteiger partial charge in [0.05, 0.1) is 6.10 Å². The Hall–Kier alpha value is -0.730. The molecule has 1 aliphatic rings. The quantitative estimate of drug-likeness (QED) is 0.484. The van der Waals surface area contributed by atoms with Crippen molar-refractivity contribution in [3.63, 3.8) is 0 Å². The van der Waals surface area contributed by atoms with Gasteiger partial charge in [-0.15, -0.1) is 0 Å². The molecule has 1 aliphatic heterocycles. The molecule has 5 atom stereocenters. The van der Waals surface area contributed by atoms with Crippen LogP contribution in [0.4, 0.5) is 0 Å². The van der Waals surface area contributed by atoms with Crippen LogP contribution in [0.25, 0.3) is 0 Å². The third-order valence-corrected chi connectivity index (χ3v) is 2.63. The predicted molar refractivity (Wildman–Crippen MR) is 61.6 cm³/mol. The molecule has 0 aromatic rings. The summed E-state index contributed by atoms with van der Waals surface area (Å²) in [7, 11) is 0. The van der Waals surface area contributed by atoms with Crippen LogP contribution in [0.1, 0.15) is 20.8 Å². The van der Waals surface area contributed by atoms with Crippen LogP contribution in [0.3, 0.4) is 0 Å². The number of rotatable bonds is 4. The maximum atomic E-state index is 10.8. The summed E-state index contributed by atoms with van der Waals surface area (Å²) in [5, 5.41) is 31.6.